The molecule has 0 N–H and O–H groups in total. The first kappa shape index (κ1) is 14.4. The summed E-state index contributed by atoms with van der Waals surface area (Å²) in [6.07, 6.45) is 1.06. The Hall–Kier alpha value is -2.19. The van der Waals surface area contributed by atoms with Gasteiger partial charge >= 0.3 is 0 Å². The highest BCUT2D eigenvalue weighted by atomic mass is 32.2. The summed E-state index contributed by atoms with van der Waals surface area (Å²) in [6.45, 7) is 0.961. The number of rotatable bonds is 4. The number of benzene rings is 3. The molecule has 1 aliphatic rings. The van der Waals surface area contributed by atoms with E-state index < -0.39 is 0 Å². The highest BCUT2D eigenvalue weighted by molar-refractivity contribution is 8.00. The first-order valence-corrected chi connectivity index (χ1v) is 8.88. The van der Waals surface area contributed by atoms with Gasteiger partial charge in [0.25, 0.3) is 0 Å². The van der Waals surface area contributed by atoms with E-state index >= 15 is 0 Å². The van der Waals surface area contributed by atoms with Crippen molar-refractivity contribution in [1.82, 2.24) is 0 Å². The van der Waals surface area contributed by atoms with Gasteiger partial charge in [-0.2, -0.15) is 0 Å². The van der Waals surface area contributed by atoms with Crippen LogP contribution >= 0.6 is 11.8 Å². The first-order valence-electron chi connectivity index (χ1n) is 8.00. The van der Waals surface area contributed by atoms with E-state index in [0.29, 0.717) is 5.37 Å². The van der Waals surface area contributed by atoms with Gasteiger partial charge in [-0.3, -0.25) is 0 Å². The second-order valence-electron chi connectivity index (χ2n) is 5.84. The van der Waals surface area contributed by atoms with E-state index in [4.69, 9.17) is 0 Å². The molecule has 0 aromatic heterocycles. The SMILES string of the molecule is c1ccc(CC2Sc3ccccc3N2Cc2ccccc2)cc1. The van der Waals surface area contributed by atoms with Crippen LogP contribution in [0.25, 0.3) is 0 Å². The molecule has 1 heterocycles. The molecule has 3 aromatic carbocycles. The summed E-state index contributed by atoms with van der Waals surface area (Å²) in [6, 6.07) is 30.3. The van der Waals surface area contributed by atoms with Gasteiger partial charge in [-0.1, -0.05) is 84.6 Å². The molecule has 114 valence electrons. The molecular formula is C21H19NS. The van der Waals surface area contributed by atoms with Crippen LogP contribution in [0.15, 0.2) is 89.8 Å². The molecule has 4 rings (SSSR count). The highest BCUT2D eigenvalue weighted by Gasteiger charge is 2.29. The zero-order valence-electron chi connectivity index (χ0n) is 12.9. The van der Waals surface area contributed by atoms with Crippen molar-refractivity contribution < 1.29 is 0 Å². The van der Waals surface area contributed by atoms with Crippen LogP contribution in [0.3, 0.4) is 0 Å². The summed E-state index contributed by atoms with van der Waals surface area (Å²) in [4.78, 5) is 3.94. The predicted octanol–water partition coefficient (Wildman–Crippen LogP) is 5.37. The number of hydrogen-bond acceptors (Lipinski definition) is 2. The molecule has 1 aliphatic heterocycles. The molecule has 1 unspecified atom stereocenters. The van der Waals surface area contributed by atoms with Gasteiger partial charge in [0.05, 0.1) is 11.1 Å². The zero-order chi connectivity index (χ0) is 15.5. The fourth-order valence-electron chi connectivity index (χ4n) is 3.09. The van der Waals surface area contributed by atoms with Crippen molar-refractivity contribution in [2.24, 2.45) is 0 Å². The minimum absolute atomic E-state index is 0.454. The number of para-hydroxylation sites is 1. The standard InChI is InChI=1S/C21H19NS/c1-3-9-17(10-4-1)15-21-22(16-18-11-5-2-6-12-18)19-13-7-8-14-20(19)23-21/h1-14,21H,15-16H2. The van der Waals surface area contributed by atoms with E-state index in [1.165, 1.54) is 21.7 Å². The van der Waals surface area contributed by atoms with Crippen molar-refractivity contribution in [3.8, 4) is 0 Å². The van der Waals surface area contributed by atoms with Gasteiger partial charge in [-0.25, -0.2) is 0 Å². The van der Waals surface area contributed by atoms with Gasteiger partial charge in [0.15, 0.2) is 0 Å². The minimum Gasteiger partial charge on any atom is -0.354 e. The second kappa shape index (κ2) is 6.51. The third-order valence-electron chi connectivity index (χ3n) is 4.23. The van der Waals surface area contributed by atoms with E-state index in [0.717, 1.165) is 13.0 Å². The number of anilines is 1. The Balaban J connectivity index is 1.63. The molecule has 3 aromatic rings. The maximum Gasteiger partial charge on any atom is 0.0842 e. The molecule has 1 nitrogen and oxygen atoms in total. The number of nitrogens with zero attached hydrogens (tertiary/aromatic N) is 1. The summed E-state index contributed by atoms with van der Waals surface area (Å²) in [7, 11) is 0. The maximum atomic E-state index is 2.54. The van der Waals surface area contributed by atoms with Crippen molar-refractivity contribution in [3.63, 3.8) is 0 Å². The average molecular weight is 317 g/mol. The third-order valence-corrected chi connectivity index (χ3v) is 5.53. The highest BCUT2D eigenvalue weighted by Crippen LogP contribution is 2.45. The van der Waals surface area contributed by atoms with Gasteiger partial charge in [0.2, 0.25) is 0 Å². The van der Waals surface area contributed by atoms with E-state index in [1.807, 2.05) is 11.8 Å². The summed E-state index contributed by atoms with van der Waals surface area (Å²) < 4.78 is 0. The Morgan fingerprint density at radius 2 is 1.30 bits per heavy atom. The Bertz CT molecular complexity index is 770. The summed E-state index contributed by atoms with van der Waals surface area (Å²) >= 11 is 1.98. The summed E-state index contributed by atoms with van der Waals surface area (Å²) in [5.74, 6) is 0. The van der Waals surface area contributed by atoms with Crippen molar-refractivity contribution in [3.05, 3.63) is 96.1 Å². The Kier molecular flexibility index (Phi) is 4.08. The monoisotopic (exact) mass is 317 g/mol. The number of hydrogen-bond donors (Lipinski definition) is 0. The molecule has 0 bridgehead atoms. The van der Waals surface area contributed by atoms with Gasteiger partial charge in [0, 0.05) is 17.9 Å². The molecule has 23 heavy (non-hydrogen) atoms. The van der Waals surface area contributed by atoms with Crippen molar-refractivity contribution in [1.29, 1.82) is 0 Å². The molecule has 1 atom stereocenters. The van der Waals surface area contributed by atoms with Gasteiger partial charge < -0.3 is 4.90 Å². The number of fused-ring (bicyclic) bond motifs is 1. The van der Waals surface area contributed by atoms with Gasteiger partial charge in [-0.05, 0) is 23.3 Å². The molecule has 0 fully saturated rings. The van der Waals surface area contributed by atoms with Gasteiger partial charge in [-0.15, -0.1) is 0 Å². The molecule has 0 amide bonds. The lowest BCUT2D eigenvalue weighted by atomic mass is 10.1. The van der Waals surface area contributed by atoms with Crippen LogP contribution in [-0.2, 0) is 13.0 Å². The summed E-state index contributed by atoms with van der Waals surface area (Å²) in [5.41, 5.74) is 4.13. The first-order chi connectivity index (χ1) is 11.4. The maximum absolute atomic E-state index is 2.54. The molecule has 0 saturated heterocycles. The molecule has 0 saturated carbocycles. The van der Waals surface area contributed by atoms with Crippen LogP contribution in [-0.4, -0.2) is 5.37 Å². The van der Waals surface area contributed by atoms with Crippen molar-refractivity contribution >= 4 is 17.4 Å². The van der Waals surface area contributed by atoms with Crippen LogP contribution in [0.2, 0.25) is 0 Å². The minimum atomic E-state index is 0.454. The van der Waals surface area contributed by atoms with E-state index in [1.54, 1.807) is 0 Å². The van der Waals surface area contributed by atoms with Crippen LogP contribution in [0, 0.1) is 0 Å². The van der Waals surface area contributed by atoms with Crippen LogP contribution < -0.4 is 4.90 Å². The van der Waals surface area contributed by atoms with E-state index in [-0.39, 0.29) is 0 Å². The Morgan fingerprint density at radius 3 is 2.04 bits per heavy atom. The lowest BCUT2D eigenvalue weighted by Gasteiger charge is -2.27. The molecular weight excluding hydrogens is 298 g/mol. The molecule has 0 aliphatic carbocycles. The molecule has 0 spiro atoms. The average Bonchev–Trinajstić information content (AvgIpc) is 2.94. The largest absolute Gasteiger partial charge is 0.354 e. The smallest absolute Gasteiger partial charge is 0.0842 e. The van der Waals surface area contributed by atoms with Gasteiger partial charge in [0.1, 0.15) is 0 Å². The normalized spacial score (nSPS) is 16.3. The Labute approximate surface area is 142 Å². The van der Waals surface area contributed by atoms with Crippen LogP contribution in [0.5, 0.6) is 0 Å². The lowest BCUT2D eigenvalue weighted by Crippen LogP contribution is -2.30. The topological polar surface area (TPSA) is 3.24 Å². The third kappa shape index (κ3) is 3.13. The fourth-order valence-corrected chi connectivity index (χ4v) is 4.44. The fraction of sp³-hybridized carbons (Fsp3) is 0.143. The van der Waals surface area contributed by atoms with Crippen molar-refractivity contribution in [2.75, 3.05) is 4.90 Å². The summed E-state index contributed by atoms with van der Waals surface area (Å²) in [5, 5.41) is 0.454. The van der Waals surface area contributed by atoms with Crippen molar-refractivity contribution in [2.45, 2.75) is 23.2 Å². The van der Waals surface area contributed by atoms with Crippen LogP contribution in [0.1, 0.15) is 11.1 Å². The predicted molar refractivity (Wildman–Crippen MR) is 98.9 cm³/mol. The van der Waals surface area contributed by atoms with E-state index in [9.17, 15) is 0 Å². The number of thioether (sulfide) groups is 1. The Morgan fingerprint density at radius 1 is 0.696 bits per heavy atom. The zero-order valence-corrected chi connectivity index (χ0v) is 13.7. The van der Waals surface area contributed by atoms with E-state index in [2.05, 4.69) is 89.8 Å². The lowest BCUT2D eigenvalue weighted by molar-refractivity contribution is 0.749. The van der Waals surface area contributed by atoms with Crippen LogP contribution in [0.4, 0.5) is 5.69 Å². The second-order valence-corrected chi connectivity index (χ2v) is 7.06. The molecule has 0 radical (unpaired) electrons. The quantitative estimate of drug-likeness (QED) is 0.636. The molecule has 2 heteroatoms.